The van der Waals surface area contributed by atoms with Crippen LogP contribution in [0.4, 0.5) is 0 Å². The van der Waals surface area contributed by atoms with Gasteiger partial charge in [0, 0.05) is 5.56 Å². The van der Waals surface area contributed by atoms with Gasteiger partial charge in [-0.05, 0) is 25.0 Å². The molecule has 4 nitrogen and oxygen atoms in total. The molecule has 0 saturated carbocycles. The van der Waals surface area contributed by atoms with E-state index in [9.17, 15) is 4.79 Å². The first-order chi connectivity index (χ1) is 7.74. The molecule has 0 bridgehead atoms. The number of carboxylic acids is 1. The number of aliphatic carboxylic acids is 1. The molecule has 0 spiro atoms. The Kier molecular flexibility index (Phi) is 3.10. The smallest absolute Gasteiger partial charge is 0.337 e. The summed E-state index contributed by atoms with van der Waals surface area (Å²) in [5.74, 6) is -0.177. The number of benzene rings is 1. The number of carbonyl (C=O) groups is 1. The third-order valence-corrected chi connectivity index (χ3v) is 2.61. The summed E-state index contributed by atoms with van der Waals surface area (Å²) < 4.78 is 10.7. The molecule has 1 aromatic rings. The van der Waals surface area contributed by atoms with E-state index in [0.717, 1.165) is 11.3 Å². The average Bonchev–Trinajstić information content (AvgIpc) is 2.29. The van der Waals surface area contributed by atoms with Gasteiger partial charge in [0.1, 0.15) is 5.75 Å². The van der Waals surface area contributed by atoms with Gasteiger partial charge < -0.3 is 14.6 Å². The van der Waals surface area contributed by atoms with Gasteiger partial charge in [-0.1, -0.05) is 12.1 Å². The van der Waals surface area contributed by atoms with Crippen molar-refractivity contribution in [1.29, 1.82) is 0 Å². The summed E-state index contributed by atoms with van der Waals surface area (Å²) in [5.41, 5.74) is 1.67. The summed E-state index contributed by atoms with van der Waals surface area (Å²) in [7, 11) is 0. The maximum Gasteiger partial charge on any atom is 0.337 e. The molecule has 1 heterocycles. The van der Waals surface area contributed by atoms with Crippen LogP contribution in [0.2, 0.25) is 0 Å². The Balaban J connectivity index is 2.42. The van der Waals surface area contributed by atoms with Crippen molar-refractivity contribution in [2.24, 2.45) is 0 Å². The predicted octanol–water partition coefficient (Wildman–Crippen LogP) is 1.78. The summed E-state index contributed by atoms with van der Waals surface area (Å²) >= 11 is 0. The lowest BCUT2D eigenvalue weighted by molar-refractivity contribution is -0.151. The highest BCUT2D eigenvalue weighted by Gasteiger charge is 2.28. The fraction of sp³-hybridized carbons (Fsp3) is 0.417. The number of carboxylic acid groups (broad SMARTS) is 1. The molecule has 0 radical (unpaired) electrons. The summed E-state index contributed by atoms with van der Waals surface area (Å²) in [5, 5.41) is 9.04. The molecule has 1 aromatic carbocycles. The first-order valence-corrected chi connectivity index (χ1v) is 5.33. The van der Waals surface area contributed by atoms with Crippen molar-refractivity contribution in [2.45, 2.75) is 19.4 Å². The minimum absolute atomic E-state index is 0.425. The molecule has 4 heteroatoms. The zero-order valence-corrected chi connectivity index (χ0v) is 9.10. The van der Waals surface area contributed by atoms with Crippen LogP contribution in [0.1, 0.15) is 24.2 Å². The van der Waals surface area contributed by atoms with Crippen LogP contribution in [0, 0.1) is 0 Å². The maximum absolute atomic E-state index is 11.0. The van der Waals surface area contributed by atoms with Gasteiger partial charge in [0.2, 0.25) is 0 Å². The molecule has 0 amide bonds. The zero-order chi connectivity index (χ0) is 11.5. The van der Waals surface area contributed by atoms with Crippen LogP contribution in [0.15, 0.2) is 18.2 Å². The molecule has 1 unspecified atom stereocenters. The lowest BCUT2D eigenvalue weighted by Crippen LogP contribution is -2.23. The molecule has 86 valence electrons. The number of hydrogen-bond acceptors (Lipinski definition) is 3. The quantitative estimate of drug-likeness (QED) is 0.847. The van der Waals surface area contributed by atoms with E-state index in [0.29, 0.717) is 25.2 Å². The van der Waals surface area contributed by atoms with Crippen molar-refractivity contribution < 1.29 is 19.4 Å². The van der Waals surface area contributed by atoms with Gasteiger partial charge in [-0.3, -0.25) is 0 Å². The summed E-state index contributed by atoms with van der Waals surface area (Å²) in [4.78, 5) is 11.0. The second-order valence-electron chi connectivity index (χ2n) is 3.60. The van der Waals surface area contributed by atoms with Crippen molar-refractivity contribution in [3.63, 3.8) is 0 Å². The third kappa shape index (κ3) is 1.88. The van der Waals surface area contributed by atoms with Gasteiger partial charge in [0.05, 0.1) is 13.2 Å². The number of rotatable bonds is 3. The predicted molar refractivity (Wildman–Crippen MR) is 57.6 cm³/mol. The topological polar surface area (TPSA) is 55.8 Å². The Hall–Kier alpha value is -1.55. The van der Waals surface area contributed by atoms with Gasteiger partial charge in [0.25, 0.3) is 0 Å². The van der Waals surface area contributed by atoms with E-state index < -0.39 is 12.1 Å². The highest BCUT2D eigenvalue weighted by atomic mass is 16.5. The first-order valence-electron chi connectivity index (χ1n) is 5.33. The van der Waals surface area contributed by atoms with Crippen LogP contribution < -0.4 is 4.74 Å². The van der Waals surface area contributed by atoms with Crippen molar-refractivity contribution >= 4 is 5.97 Å². The Labute approximate surface area is 93.8 Å². The third-order valence-electron chi connectivity index (χ3n) is 2.61. The van der Waals surface area contributed by atoms with Gasteiger partial charge in [0.15, 0.2) is 6.10 Å². The highest BCUT2D eigenvalue weighted by molar-refractivity contribution is 5.75. The van der Waals surface area contributed by atoms with Crippen LogP contribution in [-0.4, -0.2) is 24.3 Å². The van der Waals surface area contributed by atoms with Crippen molar-refractivity contribution in [3.05, 3.63) is 29.3 Å². The van der Waals surface area contributed by atoms with Crippen LogP contribution in [-0.2, 0) is 16.0 Å². The lowest BCUT2D eigenvalue weighted by Gasteiger charge is -2.24. The number of ether oxygens (including phenoxy) is 2. The van der Waals surface area contributed by atoms with E-state index >= 15 is 0 Å². The van der Waals surface area contributed by atoms with Crippen LogP contribution in [0.5, 0.6) is 5.75 Å². The molecule has 0 aromatic heterocycles. The standard InChI is InChI=1S/C12H14O4/c1-2-15-10-5-3-4-9-8(10)6-7-16-11(9)12(13)14/h3-5,11H,2,6-7H2,1H3,(H,13,14). The van der Waals surface area contributed by atoms with E-state index in [4.69, 9.17) is 14.6 Å². The first kappa shape index (κ1) is 11.0. The van der Waals surface area contributed by atoms with E-state index in [-0.39, 0.29) is 0 Å². The molecule has 1 N–H and O–H groups in total. The van der Waals surface area contributed by atoms with Crippen molar-refractivity contribution in [3.8, 4) is 5.75 Å². The van der Waals surface area contributed by atoms with Gasteiger partial charge >= 0.3 is 5.97 Å². The normalized spacial score (nSPS) is 18.9. The van der Waals surface area contributed by atoms with E-state index in [1.807, 2.05) is 13.0 Å². The monoisotopic (exact) mass is 222 g/mol. The molecular formula is C12H14O4. The second kappa shape index (κ2) is 4.53. The summed E-state index contributed by atoms with van der Waals surface area (Å²) in [6.45, 7) is 2.91. The Morgan fingerprint density at radius 2 is 2.44 bits per heavy atom. The molecule has 1 aliphatic rings. The molecular weight excluding hydrogens is 208 g/mol. The fourth-order valence-electron chi connectivity index (χ4n) is 1.96. The minimum Gasteiger partial charge on any atom is -0.494 e. The number of hydrogen-bond donors (Lipinski definition) is 1. The molecule has 1 aliphatic heterocycles. The minimum atomic E-state index is -0.949. The largest absolute Gasteiger partial charge is 0.494 e. The lowest BCUT2D eigenvalue weighted by atomic mass is 9.96. The summed E-state index contributed by atoms with van der Waals surface area (Å²) in [6, 6.07) is 5.46. The van der Waals surface area contributed by atoms with E-state index in [1.165, 1.54) is 0 Å². The second-order valence-corrected chi connectivity index (χ2v) is 3.60. The fourth-order valence-corrected chi connectivity index (χ4v) is 1.96. The Morgan fingerprint density at radius 3 is 3.12 bits per heavy atom. The van der Waals surface area contributed by atoms with Gasteiger partial charge in [-0.2, -0.15) is 0 Å². The van der Waals surface area contributed by atoms with Crippen LogP contribution in [0.25, 0.3) is 0 Å². The molecule has 1 atom stereocenters. The zero-order valence-electron chi connectivity index (χ0n) is 9.10. The van der Waals surface area contributed by atoms with Crippen molar-refractivity contribution in [1.82, 2.24) is 0 Å². The molecule has 0 fully saturated rings. The Bertz CT molecular complexity index is 400. The van der Waals surface area contributed by atoms with Gasteiger partial charge in [-0.15, -0.1) is 0 Å². The highest BCUT2D eigenvalue weighted by Crippen LogP contribution is 2.33. The van der Waals surface area contributed by atoms with Crippen LogP contribution in [0.3, 0.4) is 0 Å². The van der Waals surface area contributed by atoms with Gasteiger partial charge in [-0.25, -0.2) is 4.79 Å². The van der Waals surface area contributed by atoms with Crippen molar-refractivity contribution in [2.75, 3.05) is 13.2 Å². The molecule has 0 saturated heterocycles. The van der Waals surface area contributed by atoms with E-state index in [2.05, 4.69) is 0 Å². The average molecular weight is 222 g/mol. The molecule has 16 heavy (non-hydrogen) atoms. The SMILES string of the molecule is CCOc1cccc2c1CCOC2C(=O)O. The van der Waals surface area contributed by atoms with E-state index in [1.54, 1.807) is 12.1 Å². The summed E-state index contributed by atoms with van der Waals surface area (Å²) in [6.07, 6.45) is -0.154. The molecule has 0 aliphatic carbocycles. The Morgan fingerprint density at radius 1 is 1.62 bits per heavy atom. The van der Waals surface area contributed by atoms with Crippen LogP contribution >= 0.6 is 0 Å². The number of fused-ring (bicyclic) bond motifs is 1. The molecule has 2 rings (SSSR count). The maximum atomic E-state index is 11.0.